The quantitative estimate of drug-likeness (QED) is 0.786. The number of benzene rings is 1. The second-order valence-corrected chi connectivity index (χ2v) is 4.15. The van der Waals surface area contributed by atoms with E-state index in [1.54, 1.807) is 0 Å². The molecule has 0 heterocycles. The van der Waals surface area contributed by atoms with Crippen molar-refractivity contribution in [2.24, 2.45) is 0 Å². The maximum Gasteiger partial charge on any atom is 0.119 e. The van der Waals surface area contributed by atoms with E-state index in [-0.39, 0.29) is 0 Å². The molecule has 1 N–H and O–H groups in total. The topological polar surface area (TPSA) is 24.5 Å². The second-order valence-electron chi connectivity index (χ2n) is 4.15. The molecule has 1 aromatic rings. The van der Waals surface area contributed by atoms with Crippen molar-refractivity contribution in [1.82, 2.24) is 10.2 Å². The smallest absolute Gasteiger partial charge is 0.119 e. The molecule has 3 heteroatoms. The highest BCUT2D eigenvalue weighted by molar-refractivity contribution is 5.29. The summed E-state index contributed by atoms with van der Waals surface area (Å²) in [6.45, 7) is 6.89. The third kappa shape index (κ3) is 4.02. The summed E-state index contributed by atoms with van der Waals surface area (Å²) in [4.78, 5) is 2.34. The summed E-state index contributed by atoms with van der Waals surface area (Å²) in [5, 5.41) is 3.25. The van der Waals surface area contributed by atoms with Crippen LogP contribution >= 0.6 is 0 Å². The first-order chi connectivity index (χ1) is 8.22. The molecule has 17 heavy (non-hydrogen) atoms. The van der Waals surface area contributed by atoms with Gasteiger partial charge in [-0.05, 0) is 45.3 Å². The number of hydrogen-bond donors (Lipinski definition) is 1. The van der Waals surface area contributed by atoms with E-state index in [1.807, 2.05) is 26.1 Å². The van der Waals surface area contributed by atoms with Gasteiger partial charge in [-0.25, -0.2) is 0 Å². The van der Waals surface area contributed by atoms with Crippen LogP contribution < -0.4 is 10.1 Å². The first-order valence-corrected chi connectivity index (χ1v) is 6.30. The first-order valence-electron chi connectivity index (χ1n) is 6.30. The summed E-state index contributed by atoms with van der Waals surface area (Å²) in [5.41, 5.74) is 1.33. The van der Waals surface area contributed by atoms with Crippen LogP contribution in [0.2, 0.25) is 0 Å². The van der Waals surface area contributed by atoms with E-state index >= 15 is 0 Å². The lowest BCUT2D eigenvalue weighted by Gasteiger charge is -2.27. The Morgan fingerprint density at radius 2 is 1.88 bits per heavy atom. The van der Waals surface area contributed by atoms with E-state index < -0.39 is 0 Å². The molecular weight excluding hydrogens is 212 g/mol. The third-order valence-electron chi connectivity index (χ3n) is 3.00. The molecular formula is C14H24N2O. The third-order valence-corrected chi connectivity index (χ3v) is 3.00. The van der Waals surface area contributed by atoms with Gasteiger partial charge in [-0.1, -0.05) is 19.1 Å². The Kier molecular flexibility index (Phi) is 6.01. The monoisotopic (exact) mass is 236 g/mol. The molecule has 0 saturated heterocycles. The first kappa shape index (κ1) is 14.0. The van der Waals surface area contributed by atoms with Crippen LogP contribution in [0.25, 0.3) is 0 Å². The van der Waals surface area contributed by atoms with Crippen LogP contribution in [0.4, 0.5) is 0 Å². The van der Waals surface area contributed by atoms with Crippen LogP contribution in [0.3, 0.4) is 0 Å². The Morgan fingerprint density at radius 3 is 2.35 bits per heavy atom. The van der Waals surface area contributed by atoms with E-state index in [1.165, 1.54) is 5.56 Å². The van der Waals surface area contributed by atoms with Gasteiger partial charge in [-0.15, -0.1) is 0 Å². The molecule has 0 bridgehead atoms. The van der Waals surface area contributed by atoms with E-state index in [9.17, 15) is 0 Å². The molecule has 1 unspecified atom stereocenters. The minimum absolute atomic E-state index is 0.417. The zero-order valence-electron chi connectivity index (χ0n) is 11.4. The van der Waals surface area contributed by atoms with Gasteiger partial charge in [0.25, 0.3) is 0 Å². The molecule has 0 saturated carbocycles. The Balaban J connectivity index is 2.79. The minimum atomic E-state index is 0.417. The Morgan fingerprint density at radius 1 is 1.24 bits per heavy atom. The van der Waals surface area contributed by atoms with E-state index in [4.69, 9.17) is 4.74 Å². The number of rotatable bonds is 7. The molecule has 0 aromatic heterocycles. The molecule has 0 aliphatic rings. The van der Waals surface area contributed by atoms with E-state index in [2.05, 4.69) is 36.3 Å². The zero-order valence-corrected chi connectivity index (χ0v) is 11.4. The molecule has 0 amide bonds. The molecule has 1 aromatic carbocycles. The summed E-state index contributed by atoms with van der Waals surface area (Å²) in [5.74, 6) is 0.943. The van der Waals surface area contributed by atoms with Gasteiger partial charge in [0.1, 0.15) is 5.75 Å². The highest BCUT2D eigenvalue weighted by Crippen LogP contribution is 2.21. The number of hydrogen-bond acceptors (Lipinski definition) is 3. The van der Waals surface area contributed by atoms with Crippen LogP contribution in [-0.4, -0.2) is 38.7 Å². The van der Waals surface area contributed by atoms with E-state index in [0.29, 0.717) is 12.6 Å². The van der Waals surface area contributed by atoms with Gasteiger partial charge in [-0.2, -0.15) is 0 Å². The molecule has 0 spiro atoms. The van der Waals surface area contributed by atoms with Crippen LogP contribution in [0.15, 0.2) is 24.3 Å². The number of nitrogens with one attached hydrogen (secondary N) is 1. The van der Waals surface area contributed by atoms with Gasteiger partial charge >= 0.3 is 0 Å². The van der Waals surface area contributed by atoms with Crippen molar-refractivity contribution in [3.05, 3.63) is 29.8 Å². The Labute approximate surface area is 105 Å². The Bertz CT molecular complexity index is 311. The lowest BCUT2D eigenvalue weighted by molar-refractivity contribution is 0.253. The van der Waals surface area contributed by atoms with Crippen LogP contribution in [0, 0.1) is 0 Å². The zero-order chi connectivity index (χ0) is 12.7. The largest absolute Gasteiger partial charge is 0.494 e. The molecule has 3 nitrogen and oxygen atoms in total. The highest BCUT2D eigenvalue weighted by Gasteiger charge is 2.14. The molecule has 1 atom stereocenters. The number of nitrogens with zero attached hydrogens (tertiary/aromatic N) is 1. The predicted octanol–water partition coefficient (Wildman–Crippen LogP) is 2.30. The molecule has 0 aliphatic heterocycles. The summed E-state index contributed by atoms with van der Waals surface area (Å²) in [6.07, 6.45) is 0. The standard InChI is InChI=1S/C14H24N2O/c1-5-16(4)14(11-15-3)12-7-9-13(10-8-12)17-6-2/h7-10,14-15H,5-6,11H2,1-4H3. The molecule has 0 aliphatic carbocycles. The average Bonchev–Trinajstić information content (AvgIpc) is 2.37. The summed E-state index contributed by atoms with van der Waals surface area (Å²) in [7, 11) is 4.14. The van der Waals surface area contributed by atoms with Crippen molar-refractivity contribution < 1.29 is 4.74 Å². The molecule has 1 rings (SSSR count). The summed E-state index contributed by atoms with van der Waals surface area (Å²) >= 11 is 0. The van der Waals surface area contributed by atoms with Gasteiger partial charge in [0.05, 0.1) is 6.61 Å². The van der Waals surface area contributed by atoms with Gasteiger partial charge < -0.3 is 10.1 Å². The van der Waals surface area contributed by atoms with E-state index in [0.717, 1.165) is 18.8 Å². The fourth-order valence-electron chi connectivity index (χ4n) is 1.89. The SMILES string of the molecule is CCOc1ccc(C(CNC)N(C)CC)cc1. The van der Waals surface area contributed by atoms with Crippen LogP contribution in [-0.2, 0) is 0 Å². The van der Waals surface area contributed by atoms with Crippen molar-refractivity contribution in [2.45, 2.75) is 19.9 Å². The summed E-state index contributed by atoms with van der Waals surface area (Å²) in [6, 6.07) is 8.81. The molecule has 96 valence electrons. The van der Waals surface area contributed by atoms with Crippen molar-refractivity contribution in [1.29, 1.82) is 0 Å². The number of ether oxygens (including phenoxy) is 1. The van der Waals surface area contributed by atoms with Gasteiger partial charge in [-0.3, -0.25) is 4.90 Å². The normalized spacial score (nSPS) is 12.8. The average molecular weight is 236 g/mol. The fraction of sp³-hybridized carbons (Fsp3) is 0.571. The maximum absolute atomic E-state index is 5.46. The van der Waals surface area contributed by atoms with Crippen molar-refractivity contribution in [3.8, 4) is 5.75 Å². The minimum Gasteiger partial charge on any atom is -0.494 e. The van der Waals surface area contributed by atoms with Crippen LogP contribution in [0.1, 0.15) is 25.5 Å². The lowest BCUT2D eigenvalue weighted by atomic mass is 10.1. The summed E-state index contributed by atoms with van der Waals surface area (Å²) < 4.78 is 5.46. The molecule has 0 fully saturated rings. The van der Waals surface area contributed by atoms with Gasteiger partial charge in [0, 0.05) is 12.6 Å². The van der Waals surface area contributed by atoms with Crippen LogP contribution in [0.5, 0.6) is 5.75 Å². The highest BCUT2D eigenvalue weighted by atomic mass is 16.5. The van der Waals surface area contributed by atoms with Crippen molar-refractivity contribution in [2.75, 3.05) is 33.8 Å². The lowest BCUT2D eigenvalue weighted by Crippen LogP contribution is -2.31. The van der Waals surface area contributed by atoms with Crippen molar-refractivity contribution in [3.63, 3.8) is 0 Å². The maximum atomic E-state index is 5.46. The Hall–Kier alpha value is -1.06. The van der Waals surface area contributed by atoms with Gasteiger partial charge in [0.2, 0.25) is 0 Å². The molecule has 0 radical (unpaired) electrons. The second kappa shape index (κ2) is 7.30. The fourth-order valence-corrected chi connectivity index (χ4v) is 1.89. The predicted molar refractivity (Wildman–Crippen MR) is 72.6 cm³/mol. The van der Waals surface area contributed by atoms with Gasteiger partial charge in [0.15, 0.2) is 0 Å². The van der Waals surface area contributed by atoms with Crippen molar-refractivity contribution >= 4 is 0 Å². The number of likely N-dealkylation sites (N-methyl/N-ethyl adjacent to an activating group) is 2.